The molecule has 0 aromatic carbocycles. The molecule has 120 valence electrons. The number of nitrogens with one attached hydrogen (secondary N) is 1. The van der Waals surface area contributed by atoms with Crippen LogP contribution in [0.15, 0.2) is 16.3 Å². The first-order valence-corrected chi connectivity index (χ1v) is 8.41. The molecule has 1 N–H and O–H groups in total. The molecule has 0 saturated carbocycles. The number of thiazole rings is 2. The molecule has 1 amide bonds. The quantitative estimate of drug-likeness (QED) is 0.863. The van der Waals surface area contributed by atoms with Crippen LogP contribution in [-0.2, 0) is 17.4 Å². The lowest BCUT2D eigenvalue weighted by molar-refractivity contribution is -0.140. The summed E-state index contributed by atoms with van der Waals surface area (Å²) < 4.78 is 37.7. The van der Waals surface area contributed by atoms with Crippen molar-refractivity contribution in [1.29, 1.82) is 0 Å². The average Bonchev–Trinajstić information content (AvgIpc) is 3.12. The number of rotatable bonds is 6. The zero-order valence-corrected chi connectivity index (χ0v) is 13.3. The zero-order chi connectivity index (χ0) is 16.2. The van der Waals surface area contributed by atoms with Gasteiger partial charge in [0.2, 0.25) is 5.91 Å². The number of amides is 1. The number of hydrogen-bond acceptors (Lipinski definition) is 5. The summed E-state index contributed by atoms with van der Waals surface area (Å²) in [5.74, 6) is -0.219. The molecule has 4 nitrogen and oxygen atoms in total. The fraction of sp³-hybridized carbons (Fsp3) is 0.462. The molecule has 2 heterocycles. The average molecular weight is 349 g/mol. The Morgan fingerprint density at radius 3 is 2.73 bits per heavy atom. The summed E-state index contributed by atoms with van der Waals surface area (Å²) in [4.78, 5) is 19.6. The van der Waals surface area contributed by atoms with Crippen LogP contribution in [0.5, 0.6) is 0 Å². The van der Waals surface area contributed by atoms with Gasteiger partial charge in [-0.25, -0.2) is 9.97 Å². The lowest BCUT2D eigenvalue weighted by Crippen LogP contribution is -2.28. The normalized spacial score (nSPS) is 13.1. The van der Waals surface area contributed by atoms with E-state index in [1.807, 2.05) is 5.38 Å². The van der Waals surface area contributed by atoms with Gasteiger partial charge in [0.15, 0.2) is 5.69 Å². The summed E-state index contributed by atoms with van der Waals surface area (Å²) in [7, 11) is 0. The van der Waals surface area contributed by atoms with Crippen LogP contribution < -0.4 is 5.32 Å². The number of aryl methyl sites for hydroxylation is 1. The predicted molar refractivity (Wildman–Crippen MR) is 78.7 cm³/mol. The molecule has 2 rings (SSSR count). The minimum atomic E-state index is -4.46. The van der Waals surface area contributed by atoms with E-state index in [4.69, 9.17) is 0 Å². The molecule has 0 fully saturated rings. The lowest BCUT2D eigenvalue weighted by Gasteiger charge is -2.14. The van der Waals surface area contributed by atoms with E-state index in [0.717, 1.165) is 22.4 Å². The molecule has 9 heteroatoms. The maximum Gasteiger partial charge on any atom is 0.434 e. The predicted octanol–water partition coefficient (Wildman–Crippen LogP) is 3.82. The maximum atomic E-state index is 12.6. The van der Waals surface area contributed by atoms with Gasteiger partial charge in [0.05, 0.1) is 17.2 Å². The van der Waals surface area contributed by atoms with Crippen LogP contribution >= 0.6 is 22.7 Å². The molecule has 22 heavy (non-hydrogen) atoms. The second-order valence-corrected chi connectivity index (χ2v) is 6.19. The Balaban J connectivity index is 1.93. The first-order valence-electron chi connectivity index (χ1n) is 6.59. The summed E-state index contributed by atoms with van der Waals surface area (Å²) in [5.41, 5.74) is 1.61. The number of alkyl halides is 3. The number of aromatic nitrogens is 2. The van der Waals surface area contributed by atoms with E-state index in [9.17, 15) is 18.0 Å². The summed E-state index contributed by atoms with van der Waals surface area (Å²) in [6, 6.07) is -0.496. The first-order chi connectivity index (χ1) is 10.4. The van der Waals surface area contributed by atoms with Crippen molar-refractivity contribution in [2.45, 2.75) is 38.4 Å². The Morgan fingerprint density at radius 2 is 2.18 bits per heavy atom. The second-order valence-electron chi connectivity index (χ2n) is 4.58. The molecule has 0 aliphatic rings. The highest BCUT2D eigenvalue weighted by molar-refractivity contribution is 7.09. The molecular formula is C13H14F3N3OS2. The van der Waals surface area contributed by atoms with Gasteiger partial charge in [-0.15, -0.1) is 22.7 Å². The Bertz CT molecular complexity index is 610. The Hall–Kier alpha value is -1.48. The highest BCUT2D eigenvalue weighted by atomic mass is 32.1. The minimum absolute atomic E-state index is 0.219. The van der Waals surface area contributed by atoms with Gasteiger partial charge in [0.1, 0.15) is 5.01 Å². The van der Waals surface area contributed by atoms with E-state index < -0.39 is 17.9 Å². The van der Waals surface area contributed by atoms with Gasteiger partial charge < -0.3 is 5.32 Å². The van der Waals surface area contributed by atoms with Crippen LogP contribution in [0.4, 0.5) is 13.2 Å². The number of carbonyl (C=O) groups excluding carboxylic acids is 1. The van der Waals surface area contributed by atoms with Crippen LogP contribution in [0.2, 0.25) is 0 Å². The van der Waals surface area contributed by atoms with Crippen molar-refractivity contribution in [3.05, 3.63) is 32.7 Å². The molecule has 0 bridgehead atoms. The topological polar surface area (TPSA) is 54.9 Å². The van der Waals surface area contributed by atoms with Crippen LogP contribution in [-0.4, -0.2) is 15.9 Å². The summed E-state index contributed by atoms with van der Waals surface area (Å²) in [6.07, 6.45) is -3.22. The van der Waals surface area contributed by atoms with Crippen LogP contribution in [0.25, 0.3) is 0 Å². The van der Waals surface area contributed by atoms with Crippen LogP contribution in [0, 0.1) is 0 Å². The van der Waals surface area contributed by atoms with Gasteiger partial charge in [-0.1, -0.05) is 6.92 Å². The highest BCUT2D eigenvalue weighted by Crippen LogP contribution is 2.32. The number of hydrogen-bond donors (Lipinski definition) is 1. The van der Waals surface area contributed by atoms with Crippen LogP contribution in [0.3, 0.4) is 0 Å². The molecular weight excluding hydrogens is 335 g/mol. The second kappa shape index (κ2) is 7.19. The molecule has 1 unspecified atom stereocenters. The number of nitrogens with zero attached hydrogens (tertiary/aromatic N) is 2. The van der Waals surface area contributed by atoms with Crippen molar-refractivity contribution in [3.8, 4) is 0 Å². The van der Waals surface area contributed by atoms with Gasteiger partial charge in [-0.2, -0.15) is 13.2 Å². The number of carbonyl (C=O) groups is 1. The summed E-state index contributed by atoms with van der Waals surface area (Å²) in [5, 5.41) is 5.84. The van der Waals surface area contributed by atoms with E-state index >= 15 is 0 Å². The van der Waals surface area contributed by atoms with Gasteiger partial charge in [0, 0.05) is 17.2 Å². The third kappa shape index (κ3) is 4.51. The highest BCUT2D eigenvalue weighted by Gasteiger charge is 2.34. The molecule has 1 atom stereocenters. The molecule has 0 aliphatic heterocycles. The third-order valence-corrected chi connectivity index (χ3v) is 4.54. The maximum absolute atomic E-state index is 12.6. The van der Waals surface area contributed by atoms with Crippen molar-refractivity contribution in [2.75, 3.05) is 0 Å². The summed E-state index contributed by atoms with van der Waals surface area (Å²) >= 11 is 2.36. The molecule has 0 saturated heterocycles. The van der Waals surface area contributed by atoms with Gasteiger partial charge >= 0.3 is 6.18 Å². The third-order valence-electron chi connectivity index (χ3n) is 2.95. The van der Waals surface area contributed by atoms with E-state index in [0.29, 0.717) is 12.8 Å². The standard InChI is InChI=1S/C13H14F3N3OS2/c1-2-9(12-19-10(6-22-12)13(14,15)16)18-11(20)4-3-8-5-21-7-17-8/h5-7,9H,2-4H2,1H3,(H,18,20). The van der Waals surface area contributed by atoms with Crippen LogP contribution in [0.1, 0.15) is 42.2 Å². The Labute approximate surface area is 133 Å². The molecule has 0 spiro atoms. The Morgan fingerprint density at radius 1 is 1.41 bits per heavy atom. The van der Waals surface area contributed by atoms with Crippen molar-refractivity contribution in [3.63, 3.8) is 0 Å². The van der Waals surface area contributed by atoms with Gasteiger partial charge in [0.25, 0.3) is 0 Å². The van der Waals surface area contributed by atoms with E-state index in [1.54, 1.807) is 12.4 Å². The molecule has 0 radical (unpaired) electrons. The SMILES string of the molecule is CCC(NC(=O)CCc1cscn1)c1nc(C(F)(F)F)cs1. The van der Waals surface area contributed by atoms with E-state index in [-0.39, 0.29) is 17.3 Å². The zero-order valence-electron chi connectivity index (χ0n) is 11.7. The van der Waals surface area contributed by atoms with Crippen molar-refractivity contribution in [1.82, 2.24) is 15.3 Å². The monoisotopic (exact) mass is 349 g/mol. The minimum Gasteiger partial charge on any atom is -0.347 e. The van der Waals surface area contributed by atoms with Gasteiger partial charge in [-0.3, -0.25) is 4.79 Å². The largest absolute Gasteiger partial charge is 0.434 e. The van der Waals surface area contributed by atoms with E-state index in [1.165, 1.54) is 11.3 Å². The number of halogens is 3. The molecule has 0 aliphatic carbocycles. The smallest absolute Gasteiger partial charge is 0.347 e. The summed E-state index contributed by atoms with van der Waals surface area (Å²) in [6.45, 7) is 1.79. The molecule has 2 aromatic rings. The fourth-order valence-corrected chi connectivity index (χ4v) is 3.34. The Kier molecular flexibility index (Phi) is 5.52. The van der Waals surface area contributed by atoms with E-state index in [2.05, 4.69) is 15.3 Å². The van der Waals surface area contributed by atoms with Crippen molar-refractivity contribution >= 4 is 28.6 Å². The first kappa shape index (κ1) is 16.9. The van der Waals surface area contributed by atoms with Gasteiger partial charge in [-0.05, 0) is 12.8 Å². The fourth-order valence-electron chi connectivity index (χ4n) is 1.79. The lowest BCUT2D eigenvalue weighted by atomic mass is 10.2. The molecule has 2 aromatic heterocycles. The van der Waals surface area contributed by atoms with Crippen molar-refractivity contribution < 1.29 is 18.0 Å². The van der Waals surface area contributed by atoms with Crippen molar-refractivity contribution in [2.24, 2.45) is 0 Å².